The van der Waals surface area contributed by atoms with E-state index in [1.54, 1.807) is 0 Å². The molecule has 0 aliphatic carbocycles. The first-order valence-corrected chi connectivity index (χ1v) is 19.1. The van der Waals surface area contributed by atoms with Crippen LogP contribution in [-0.2, 0) is 8.85 Å². The third-order valence-electron chi connectivity index (χ3n) is 8.45. The third-order valence-corrected chi connectivity index (χ3v) is 18.0. The van der Waals surface area contributed by atoms with E-state index in [9.17, 15) is 5.11 Å². The highest BCUT2D eigenvalue weighted by Crippen LogP contribution is 2.40. The monoisotopic (exact) mass is 554 g/mol. The van der Waals surface area contributed by atoms with Crippen LogP contribution in [0.25, 0.3) is 0 Å². The van der Waals surface area contributed by atoms with Gasteiger partial charge in [-0.05, 0) is 59.2 Å². The number of benzene rings is 2. The molecule has 2 rings (SSSR count). The van der Waals surface area contributed by atoms with E-state index < -0.39 is 22.2 Å². The van der Waals surface area contributed by atoms with Crippen LogP contribution in [0.5, 0.6) is 0 Å². The van der Waals surface area contributed by atoms with Gasteiger partial charge in [-0.15, -0.1) is 6.58 Å². The fraction of sp³-hybridized carbons (Fsp3) is 0.576. The summed E-state index contributed by atoms with van der Waals surface area (Å²) in [5, 5.41) is 14.1. The summed E-state index contributed by atoms with van der Waals surface area (Å²) in [5.74, 6) is 0.170. The van der Waals surface area contributed by atoms with Crippen molar-refractivity contribution >= 4 is 27.0 Å². The van der Waals surface area contributed by atoms with E-state index in [1.807, 2.05) is 13.0 Å². The lowest BCUT2D eigenvalue weighted by molar-refractivity contribution is -0.0117. The van der Waals surface area contributed by atoms with E-state index in [0.717, 1.165) is 6.42 Å². The van der Waals surface area contributed by atoms with Crippen LogP contribution in [0.15, 0.2) is 73.3 Å². The van der Waals surface area contributed by atoms with E-state index in [1.165, 1.54) is 10.4 Å². The number of rotatable bonds is 13. The van der Waals surface area contributed by atoms with Gasteiger partial charge >= 0.3 is 0 Å². The average Bonchev–Trinajstić information content (AvgIpc) is 2.82. The van der Waals surface area contributed by atoms with Crippen LogP contribution in [0.2, 0.25) is 23.2 Å². The largest absolute Gasteiger partial charge is 0.413 e. The first kappa shape index (κ1) is 32.7. The molecule has 2 aromatic carbocycles. The van der Waals surface area contributed by atoms with Crippen molar-refractivity contribution in [1.29, 1.82) is 0 Å². The summed E-state index contributed by atoms with van der Waals surface area (Å²) < 4.78 is 13.8. The zero-order chi connectivity index (χ0) is 28.8. The Hall–Kier alpha value is -1.51. The summed E-state index contributed by atoms with van der Waals surface area (Å²) in [6.07, 6.45) is 3.94. The van der Waals surface area contributed by atoms with Crippen molar-refractivity contribution in [3.05, 3.63) is 73.3 Å². The molecule has 3 atom stereocenters. The lowest BCUT2D eigenvalue weighted by atomic mass is 9.88. The van der Waals surface area contributed by atoms with Gasteiger partial charge in [-0.1, -0.05) is 115 Å². The Kier molecular flexibility index (Phi) is 11.0. The van der Waals surface area contributed by atoms with Crippen molar-refractivity contribution in [3.63, 3.8) is 0 Å². The van der Waals surface area contributed by atoms with Crippen molar-refractivity contribution in [2.45, 2.75) is 110 Å². The molecule has 0 aliphatic rings. The van der Waals surface area contributed by atoms with Crippen molar-refractivity contribution in [3.8, 4) is 0 Å². The molecule has 0 amide bonds. The van der Waals surface area contributed by atoms with Crippen LogP contribution in [-0.4, -0.2) is 40.1 Å². The fourth-order valence-corrected chi connectivity index (χ4v) is 11.0. The molecule has 0 spiro atoms. The Bertz CT molecular complexity index is 949. The van der Waals surface area contributed by atoms with Gasteiger partial charge in [-0.25, -0.2) is 0 Å². The molecular weight excluding hydrogens is 501 g/mol. The van der Waals surface area contributed by atoms with Crippen molar-refractivity contribution in [1.82, 2.24) is 0 Å². The molecule has 0 bridgehead atoms. The Morgan fingerprint density at radius 2 is 1.32 bits per heavy atom. The second-order valence-corrected chi connectivity index (χ2v) is 22.9. The van der Waals surface area contributed by atoms with Crippen LogP contribution in [0.4, 0.5) is 0 Å². The average molecular weight is 555 g/mol. The zero-order valence-corrected chi connectivity index (χ0v) is 27.8. The zero-order valence-electron chi connectivity index (χ0n) is 25.8. The maximum atomic E-state index is 11.5. The molecular formula is C33H54O3Si2. The SMILES string of the molecule is C=C[C@H](C)[C@H](C[C@@](C)(O)CCCO[Si](c1ccccc1)(c1ccccc1)C(C)(C)C)O[Si](C)(C)C(C)(C)C. The van der Waals surface area contributed by atoms with Crippen LogP contribution in [0.3, 0.4) is 0 Å². The van der Waals surface area contributed by atoms with Gasteiger partial charge in [0.25, 0.3) is 8.32 Å². The molecule has 0 fully saturated rings. The number of aliphatic hydroxyl groups is 1. The van der Waals surface area contributed by atoms with Gasteiger partial charge in [0.05, 0.1) is 11.7 Å². The van der Waals surface area contributed by atoms with Crippen molar-refractivity contribution < 1.29 is 14.0 Å². The van der Waals surface area contributed by atoms with Gasteiger partial charge in [0.1, 0.15) is 0 Å². The van der Waals surface area contributed by atoms with Gasteiger partial charge in [0, 0.05) is 13.0 Å². The Balaban J connectivity index is 2.21. The number of hydrogen-bond donors (Lipinski definition) is 1. The summed E-state index contributed by atoms with van der Waals surface area (Å²) in [6, 6.07) is 21.5. The van der Waals surface area contributed by atoms with Gasteiger partial charge in [-0.2, -0.15) is 0 Å². The topological polar surface area (TPSA) is 38.7 Å². The maximum Gasteiger partial charge on any atom is 0.261 e. The molecule has 5 heteroatoms. The second kappa shape index (κ2) is 12.8. The van der Waals surface area contributed by atoms with Gasteiger partial charge in [0.2, 0.25) is 0 Å². The Morgan fingerprint density at radius 1 is 0.842 bits per heavy atom. The first-order chi connectivity index (χ1) is 17.5. The van der Waals surface area contributed by atoms with E-state index in [0.29, 0.717) is 19.4 Å². The molecule has 0 aromatic heterocycles. The van der Waals surface area contributed by atoms with E-state index in [4.69, 9.17) is 8.85 Å². The summed E-state index contributed by atoms with van der Waals surface area (Å²) in [6.45, 7) is 27.0. The molecule has 1 N–H and O–H groups in total. The standard InChI is InChI=1S/C33H54O3Si2/c1-12-27(2)30(36-37(10,11)31(3,4)5)26-33(9,34)24-19-25-35-38(32(6,7)8,28-20-15-13-16-21-28)29-22-17-14-18-23-29/h12-18,20-23,27,30,34H,1,19,24-26H2,2-11H3/t27-,30-,33-/m0/s1. The van der Waals surface area contributed by atoms with Gasteiger partial charge < -0.3 is 14.0 Å². The highest BCUT2D eigenvalue weighted by atomic mass is 28.4. The van der Waals surface area contributed by atoms with Gasteiger partial charge in [-0.3, -0.25) is 0 Å². The van der Waals surface area contributed by atoms with Crippen molar-refractivity contribution in [2.75, 3.05) is 6.61 Å². The quantitative estimate of drug-likeness (QED) is 0.157. The molecule has 212 valence electrons. The molecule has 0 heterocycles. The van der Waals surface area contributed by atoms with E-state index in [2.05, 4.69) is 129 Å². The second-order valence-electron chi connectivity index (χ2n) is 13.8. The summed E-state index contributed by atoms with van der Waals surface area (Å²) in [5.41, 5.74) is -0.848. The summed E-state index contributed by atoms with van der Waals surface area (Å²) in [7, 11) is -4.55. The Morgan fingerprint density at radius 3 is 1.71 bits per heavy atom. The normalized spacial score (nSPS) is 16.5. The predicted molar refractivity (Wildman–Crippen MR) is 169 cm³/mol. The molecule has 2 aromatic rings. The Labute approximate surface area is 235 Å². The van der Waals surface area contributed by atoms with E-state index >= 15 is 0 Å². The summed E-state index contributed by atoms with van der Waals surface area (Å²) >= 11 is 0. The fourth-order valence-electron chi connectivity index (χ4n) is 5.02. The third kappa shape index (κ3) is 8.01. The molecule has 0 unspecified atom stereocenters. The van der Waals surface area contributed by atoms with E-state index in [-0.39, 0.29) is 22.1 Å². The minimum absolute atomic E-state index is 0.0546. The molecule has 38 heavy (non-hydrogen) atoms. The number of hydrogen-bond acceptors (Lipinski definition) is 3. The smallest absolute Gasteiger partial charge is 0.261 e. The lowest BCUT2D eigenvalue weighted by Gasteiger charge is -2.43. The summed E-state index contributed by atoms with van der Waals surface area (Å²) in [4.78, 5) is 0. The predicted octanol–water partition coefficient (Wildman–Crippen LogP) is 7.70. The van der Waals surface area contributed by atoms with Crippen LogP contribution >= 0.6 is 0 Å². The van der Waals surface area contributed by atoms with Gasteiger partial charge in [0.15, 0.2) is 8.32 Å². The molecule has 0 radical (unpaired) electrons. The van der Waals surface area contributed by atoms with Crippen LogP contribution in [0, 0.1) is 5.92 Å². The lowest BCUT2D eigenvalue weighted by Crippen LogP contribution is -2.66. The minimum Gasteiger partial charge on any atom is -0.413 e. The first-order valence-electron chi connectivity index (χ1n) is 14.2. The molecule has 0 saturated carbocycles. The molecule has 0 aliphatic heterocycles. The maximum absolute atomic E-state index is 11.5. The van der Waals surface area contributed by atoms with Crippen LogP contribution < -0.4 is 10.4 Å². The molecule has 0 saturated heterocycles. The van der Waals surface area contributed by atoms with Crippen LogP contribution in [0.1, 0.15) is 74.7 Å². The highest BCUT2D eigenvalue weighted by molar-refractivity contribution is 6.99. The molecule has 3 nitrogen and oxygen atoms in total. The highest BCUT2D eigenvalue weighted by Gasteiger charge is 2.50. The minimum atomic E-state index is -2.57. The van der Waals surface area contributed by atoms with Crippen molar-refractivity contribution in [2.24, 2.45) is 5.92 Å².